The minimum Gasteiger partial charge on any atom is -0.497 e. The molecule has 2 heterocycles. The highest BCUT2D eigenvalue weighted by atomic mass is 127. The molecule has 0 unspecified atom stereocenters. The van der Waals surface area contributed by atoms with Gasteiger partial charge in [0.1, 0.15) is 5.75 Å². The third-order valence-electron chi connectivity index (χ3n) is 3.62. The Balaban J connectivity index is 0.00000225. The molecule has 0 spiro atoms. The molecule has 0 saturated carbocycles. The van der Waals surface area contributed by atoms with Gasteiger partial charge in [-0.2, -0.15) is 0 Å². The summed E-state index contributed by atoms with van der Waals surface area (Å²) in [6, 6.07) is 13.7. The number of hydrogen-bond acceptors (Lipinski definition) is 4. The minimum absolute atomic E-state index is 0. The van der Waals surface area contributed by atoms with Gasteiger partial charge < -0.3 is 15.4 Å². The SMILES string of the molecule is CN=C(NCc1cccc(OC)c1)NCc1nnc2ccccn12.I. The average molecular weight is 452 g/mol. The van der Waals surface area contributed by atoms with Gasteiger partial charge in [0.25, 0.3) is 0 Å². The average Bonchev–Trinajstić information content (AvgIpc) is 3.05. The maximum Gasteiger partial charge on any atom is 0.191 e. The molecule has 3 aromatic rings. The normalized spacial score (nSPS) is 11.0. The highest BCUT2D eigenvalue weighted by molar-refractivity contribution is 14.0. The third-order valence-corrected chi connectivity index (χ3v) is 3.62. The highest BCUT2D eigenvalue weighted by Gasteiger charge is 2.05. The largest absolute Gasteiger partial charge is 0.497 e. The maximum absolute atomic E-state index is 5.23. The fraction of sp³-hybridized carbons (Fsp3) is 0.235. The van der Waals surface area contributed by atoms with Crippen molar-refractivity contribution in [1.82, 2.24) is 25.2 Å². The van der Waals surface area contributed by atoms with Gasteiger partial charge in [0.2, 0.25) is 0 Å². The molecule has 2 aromatic heterocycles. The number of nitrogens with zero attached hydrogens (tertiary/aromatic N) is 4. The molecule has 2 N–H and O–H groups in total. The first-order valence-electron chi connectivity index (χ1n) is 7.66. The number of halogens is 1. The molecule has 0 radical (unpaired) electrons. The molecule has 8 heteroatoms. The predicted octanol–water partition coefficient (Wildman–Crippen LogP) is 2.22. The second-order valence-corrected chi connectivity index (χ2v) is 5.18. The van der Waals surface area contributed by atoms with Crippen LogP contribution >= 0.6 is 24.0 Å². The van der Waals surface area contributed by atoms with Crippen molar-refractivity contribution in [2.45, 2.75) is 13.1 Å². The molecule has 0 saturated heterocycles. The van der Waals surface area contributed by atoms with Crippen LogP contribution in [0, 0.1) is 0 Å². The van der Waals surface area contributed by atoms with Crippen molar-refractivity contribution in [3.8, 4) is 5.75 Å². The first-order chi connectivity index (χ1) is 11.8. The van der Waals surface area contributed by atoms with E-state index in [9.17, 15) is 0 Å². The summed E-state index contributed by atoms with van der Waals surface area (Å²) >= 11 is 0. The molecule has 7 nitrogen and oxygen atoms in total. The van der Waals surface area contributed by atoms with Gasteiger partial charge >= 0.3 is 0 Å². The van der Waals surface area contributed by atoms with Crippen LogP contribution in [0.15, 0.2) is 53.7 Å². The van der Waals surface area contributed by atoms with Crippen LogP contribution in [0.1, 0.15) is 11.4 Å². The summed E-state index contributed by atoms with van der Waals surface area (Å²) in [6.45, 7) is 1.18. The van der Waals surface area contributed by atoms with E-state index in [2.05, 4.69) is 25.8 Å². The number of aromatic nitrogens is 3. The van der Waals surface area contributed by atoms with Gasteiger partial charge in [-0.05, 0) is 29.8 Å². The molecule has 0 aliphatic heterocycles. The van der Waals surface area contributed by atoms with Crippen molar-refractivity contribution in [3.05, 3.63) is 60.0 Å². The maximum atomic E-state index is 5.23. The lowest BCUT2D eigenvalue weighted by molar-refractivity contribution is 0.414. The Kier molecular flexibility index (Phi) is 6.99. The van der Waals surface area contributed by atoms with Crippen molar-refractivity contribution in [3.63, 3.8) is 0 Å². The standard InChI is InChI=1S/C17H20N6O.HI/c1-18-17(19-11-13-6-5-7-14(10-13)24-2)20-12-16-22-21-15-8-3-4-9-23(15)16;/h3-10H,11-12H2,1-2H3,(H2,18,19,20);1H. The van der Waals surface area contributed by atoms with E-state index in [1.807, 2.05) is 53.1 Å². The summed E-state index contributed by atoms with van der Waals surface area (Å²) in [6.07, 6.45) is 1.94. The quantitative estimate of drug-likeness (QED) is 0.353. The van der Waals surface area contributed by atoms with E-state index in [1.165, 1.54) is 0 Å². The number of hydrogen-bond donors (Lipinski definition) is 2. The number of benzene rings is 1. The second kappa shape index (κ2) is 9.21. The van der Waals surface area contributed by atoms with Gasteiger partial charge in [0, 0.05) is 19.8 Å². The molecular weight excluding hydrogens is 431 g/mol. The molecule has 0 atom stereocenters. The summed E-state index contributed by atoms with van der Waals surface area (Å²) in [4.78, 5) is 4.23. The third kappa shape index (κ3) is 4.81. The molecule has 0 amide bonds. The van der Waals surface area contributed by atoms with Crippen LogP contribution in [0.4, 0.5) is 0 Å². The number of guanidine groups is 1. The number of nitrogens with one attached hydrogen (secondary N) is 2. The first-order valence-corrected chi connectivity index (χ1v) is 7.66. The van der Waals surface area contributed by atoms with E-state index in [4.69, 9.17) is 4.74 Å². The van der Waals surface area contributed by atoms with Gasteiger partial charge in [-0.3, -0.25) is 9.39 Å². The summed E-state index contributed by atoms with van der Waals surface area (Å²) in [5, 5.41) is 14.8. The Hall–Kier alpha value is -2.36. The zero-order valence-electron chi connectivity index (χ0n) is 14.1. The van der Waals surface area contributed by atoms with Crippen LogP contribution < -0.4 is 15.4 Å². The molecule has 0 aliphatic carbocycles. The Morgan fingerprint density at radius 1 is 1.12 bits per heavy atom. The lowest BCUT2D eigenvalue weighted by Crippen LogP contribution is -2.36. The zero-order chi connectivity index (χ0) is 16.8. The fourth-order valence-electron chi connectivity index (χ4n) is 2.36. The van der Waals surface area contributed by atoms with Crippen LogP contribution in [0.5, 0.6) is 5.75 Å². The number of rotatable bonds is 5. The Bertz CT molecular complexity index is 848. The molecule has 0 fully saturated rings. The van der Waals surface area contributed by atoms with Gasteiger partial charge in [-0.25, -0.2) is 0 Å². The van der Waals surface area contributed by atoms with Gasteiger partial charge in [-0.15, -0.1) is 34.2 Å². The van der Waals surface area contributed by atoms with Gasteiger partial charge in [0.15, 0.2) is 17.4 Å². The molecule has 3 rings (SSSR count). The molecule has 0 aliphatic rings. The number of pyridine rings is 1. The molecule has 0 bridgehead atoms. The topological polar surface area (TPSA) is 75.8 Å². The zero-order valence-corrected chi connectivity index (χ0v) is 16.5. The van der Waals surface area contributed by atoms with E-state index < -0.39 is 0 Å². The van der Waals surface area contributed by atoms with Crippen LogP contribution in [0.25, 0.3) is 5.65 Å². The van der Waals surface area contributed by atoms with Crippen molar-refractivity contribution in [2.75, 3.05) is 14.2 Å². The highest BCUT2D eigenvalue weighted by Crippen LogP contribution is 2.12. The van der Waals surface area contributed by atoms with Gasteiger partial charge in [-0.1, -0.05) is 18.2 Å². The summed E-state index contributed by atoms with van der Waals surface area (Å²) < 4.78 is 7.18. The van der Waals surface area contributed by atoms with E-state index >= 15 is 0 Å². The summed E-state index contributed by atoms with van der Waals surface area (Å²) in [5.74, 6) is 2.37. The van der Waals surface area contributed by atoms with Crippen molar-refractivity contribution < 1.29 is 4.74 Å². The number of ether oxygens (including phenoxy) is 1. The monoisotopic (exact) mass is 452 g/mol. The van der Waals surface area contributed by atoms with Crippen LogP contribution in [0.2, 0.25) is 0 Å². The lowest BCUT2D eigenvalue weighted by Gasteiger charge is -2.12. The van der Waals surface area contributed by atoms with Crippen LogP contribution in [-0.2, 0) is 13.1 Å². The van der Waals surface area contributed by atoms with E-state index in [0.717, 1.165) is 22.8 Å². The second-order valence-electron chi connectivity index (χ2n) is 5.18. The fourth-order valence-corrected chi connectivity index (χ4v) is 2.36. The molecule has 1 aromatic carbocycles. The Labute approximate surface area is 163 Å². The van der Waals surface area contributed by atoms with Gasteiger partial charge in [0.05, 0.1) is 13.7 Å². The smallest absolute Gasteiger partial charge is 0.191 e. The van der Waals surface area contributed by atoms with E-state index in [-0.39, 0.29) is 24.0 Å². The van der Waals surface area contributed by atoms with Crippen molar-refractivity contribution in [2.24, 2.45) is 4.99 Å². The van der Waals surface area contributed by atoms with E-state index in [0.29, 0.717) is 19.0 Å². The van der Waals surface area contributed by atoms with Crippen molar-refractivity contribution in [1.29, 1.82) is 0 Å². The Morgan fingerprint density at radius 2 is 1.96 bits per heavy atom. The molecule has 25 heavy (non-hydrogen) atoms. The Morgan fingerprint density at radius 3 is 2.76 bits per heavy atom. The minimum atomic E-state index is 0. The van der Waals surface area contributed by atoms with Crippen LogP contribution in [0.3, 0.4) is 0 Å². The first kappa shape index (κ1) is 19.0. The summed E-state index contributed by atoms with van der Waals surface area (Å²) in [7, 11) is 3.40. The summed E-state index contributed by atoms with van der Waals surface area (Å²) in [5.41, 5.74) is 1.94. The number of fused-ring (bicyclic) bond motifs is 1. The number of methoxy groups -OCH3 is 1. The molecule has 132 valence electrons. The number of aliphatic imine (C=N–C) groups is 1. The lowest BCUT2D eigenvalue weighted by atomic mass is 10.2. The molecular formula is C17H21IN6O. The van der Waals surface area contributed by atoms with Crippen molar-refractivity contribution >= 4 is 35.6 Å². The van der Waals surface area contributed by atoms with E-state index in [1.54, 1.807) is 14.2 Å². The predicted molar refractivity (Wildman–Crippen MR) is 108 cm³/mol. The van der Waals surface area contributed by atoms with Crippen LogP contribution in [-0.4, -0.2) is 34.7 Å².